The summed E-state index contributed by atoms with van der Waals surface area (Å²) in [5, 5.41) is 16.0. The van der Waals surface area contributed by atoms with Gasteiger partial charge >= 0.3 is 0 Å². The summed E-state index contributed by atoms with van der Waals surface area (Å²) in [5.74, 6) is 0.847. The number of benzene rings is 1. The van der Waals surface area contributed by atoms with Crippen molar-refractivity contribution in [2.45, 2.75) is 11.4 Å². The molecular weight excluding hydrogens is 310 g/mol. The SMILES string of the molecule is O=c1c(Cl)c(NCCSc2ccccc2)cnn1CCO. The molecule has 5 nitrogen and oxygen atoms in total. The van der Waals surface area contributed by atoms with E-state index in [9.17, 15) is 4.79 Å². The van der Waals surface area contributed by atoms with Gasteiger partial charge in [0.1, 0.15) is 5.02 Å². The number of aromatic nitrogens is 2. The van der Waals surface area contributed by atoms with Gasteiger partial charge in [0.15, 0.2) is 0 Å². The van der Waals surface area contributed by atoms with Gasteiger partial charge in [-0.1, -0.05) is 29.8 Å². The third-order valence-corrected chi connectivity index (χ3v) is 4.11. The van der Waals surface area contributed by atoms with Crippen LogP contribution in [-0.4, -0.2) is 33.8 Å². The van der Waals surface area contributed by atoms with Gasteiger partial charge in [0.05, 0.1) is 25.0 Å². The summed E-state index contributed by atoms with van der Waals surface area (Å²) in [6.07, 6.45) is 1.51. The molecule has 0 aliphatic rings. The van der Waals surface area contributed by atoms with Gasteiger partial charge in [-0.15, -0.1) is 11.8 Å². The van der Waals surface area contributed by atoms with Crippen LogP contribution in [0.1, 0.15) is 0 Å². The Morgan fingerprint density at radius 2 is 2.10 bits per heavy atom. The van der Waals surface area contributed by atoms with Crippen LogP contribution in [0.3, 0.4) is 0 Å². The molecule has 0 atom stereocenters. The van der Waals surface area contributed by atoms with Crippen molar-refractivity contribution in [2.24, 2.45) is 0 Å². The number of anilines is 1. The Morgan fingerprint density at radius 1 is 1.33 bits per heavy atom. The van der Waals surface area contributed by atoms with Gasteiger partial charge in [-0.3, -0.25) is 4.79 Å². The lowest BCUT2D eigenvalue weighted by molar-refractivity contribution is 0.266. The van der Waals surface area contributed by atoms with Crippen molar-refractivity contribution in [3.63, 3.8) is 0 Å². The fraction of sp³-hybridized carbons (Fsp3) is 0.286. The Labute approximate surface area is 131 Å². The maximum atomic E-state index is 11.8. The largest absolute Gasteiger partial charge is 0.394 e. The van der Waals surface area contributed by atoms with Crippen LogP contribution in [-0.2, 0) is 6.54 Å². The maximum absolute atomic E-state index is 11.8. The van der Waals surface area contributed by atoms with E-state index in [0.717, 1.165) is 10.4 Å². The predicted molar refractivity (Wildman–Crippen MR) is 86.2 cm³/mol. The molecule has 0 aliphatic heterocycles. The maximum Gasteiger partial charge on any atom is 0.287 e. The summed E-state index contributed by atoms with van der Waals surface area (Å²) in [6.45, 7) is 0.664. The summed E-state index contributed by atoms with van der Waals surface area (Å²) < 4.78 is 1.15. The molecule has 2 rings (SSSR count). The van der Waals surface area contributed by atoms with Crippen LogP contribution in [0.5, 0.6) is 0 Å². The molecule has 0 saturated heterocycles. The summed E-state index contributed by atoms with van der Waals surface area (Å²) in [6, 6.07) is 10.1. The summed E-state index contributed by atoms with van der Waals surface area (Å²) in [4.78, 5) is 13.0. The van der Waals surface area contributed by atoms with Crippen molar-refractivity contribution < 1.29 is 5.11 Å². The van der Waals surface area contributed by atoms with Gasteiger partial charge in [0, 0.05) is 17.2 Å². The molecule has 0 saturated carbocycles. The van der Waals surface area contributed by atoms with E-state index in [1.54, 1.807) is 11.8 Å². The Kier molecular flexibility index (Phi) is 6.10. The van der Waals surface area contributed by atoms with Crippen LogP contribution in [0.4, 0.5) is 5.69 Å². The van der Waals surface area contributed by atoms with E-state index >= 15 is 0 Å². The van der Waals surface area contributed by atoms with E-state index in [2.05, 4.69) is 22.5 Å². The first kappa shape index (κ1) is 15.9. The summed E-state index contributed by atoms with van der Waals surface area (Å²) >= 11 is 7.72. The lowest BCUT2D eigenvalue weighted by Gasteiger charge is -2.09. The second-order valence-corrected chi connectivity index (χ2v) is 5.76. The van der Waals surface area contributed by atoms with Gasteiger partial charge in [0.25, 0.3) is 5.56 Å². The smallest absolute Gasteiger partial charge is 0.287 e. The monoisotopic (exact) mass is 325 g/mol. The number of halogens is 1. The van der Waals surface area contributed by atoms with Gasteiger partial charge in [0.2, 0.25) is 0 Å². The third-order valence-electron chi connectivity index (χ3n) is 2.73. The van der Waals surface area contributed by atoms with Crippen molar-refractivity contribution in [3.8, 4) is 0 Å². The highest BCUT2D eigenvalue weighted by Gasteiger charge is 2.08. The van der Waals surface area contributed by atoms with Crippen LogP contribution in [0.2, 0.25) is 5.02 Å². The molecule has 21 heavy (non-hydrogen) atoms. The minimum Gasteiger partial charge on any atom is -0.394 e. The van der Waals surface area contributed by atoms with Gasteiger partial charge in [-0.05, 0) is 12.1 Å². The number of hydrogen-bond donors (Lipinski definition) is 2. The van der Waals surface area contributed by atoms with Crippen LogP contribution < -0.4 is 10.9 Å². The van der Waals surface area contributed by atoms with E-state index in [1.807, 2.05) is 18.2 Å². The molecule has 2 N–H and O–H groups in total. The fourth-order valence-corrected chi connectivity index (χ4v) is 2.72. The van der Waals surface area contributed by atoms with Gasteiger partial charge in [-0.2, -0.15) is 5.10 Å². The highest BCUT2D eigenvalue weighted by atomic mass is 35.5. The zero-order chi connectivity index (χ0) is 15.1. The molecule has 0 unspecified atom stereocenters. The molecule has 1 aromatic carbocycles. The summed E-state index contributed by atoms with van der Waals surface area (Å²) in [5.41, 5.74) is 0.121. The number of nitrogens with one attached hydrogen (secondary N) is 1. The average molecular weight is 326 g/mol. The number of rotatable bonds is 7. The number of nitrogens with zero attached hydrogens (tertiary/aromatic N) is 2. The molecule has 7 heteroatoms. The molecule has 0 bridgehead atoms. The lowest BCUT2D eigenvalue weighted by atomic mass is 10.4. The number of aliphatic hydroxyl groups excluding tert-OH is 1. The Bertz CT molecular complexity index is 634. The van der Waals surface area contributed by atoms with E-state index in [-0.39, 0.29) is 18.2 Å². The standard InChI is InChI=1S/C14H16ClN3O2S/c15-13-12(10-17-18(7-8-19)14(13)20)16-6-9-21-11-4-2-1-3-5-11/h1-5,10,16,19H,6-9H2. The average Bonchev–Trinajstić information content (AvgIpc) is 2.51. The van der Waals surface area contributed by atoms with Crippen molar-refractivity contribution in [1.29, 1.82) is 0 Å². The number of aliphatic hydroxyl groups is 1. The van der Waals surface area contributed by atoms with Crippen LogP contribution in [0.15, 0.2) is 46.2 Å². The number of hydrogen-bond acceptors (Lipinski definition) is 5. The molecule has 0 aliphatic carbocycles. The first-order chi connectivity index (χ1) is 10.2. The normalized spacial score (nSPS) is 10.6. The Balaban J connectivity index is 1.89. The quantitative estimate of drug-likeness (QED) is 0.603. The highest BCUT2D eigenvalue weighted by Crippen LogP contribution is 2.18. The fourth-order valence-electron chi connectivity index (χ4n) is 1.71. The molecule has 0 radical (unpaired) electrons. The van der Waals surface area contributed by atoms with E-state index in [4.69, 9.17) is 16.7 Å². The van der Waals surface area contributed by atoms with Crippen molar-refractivity contribution in [3.05, 3.63) is 51.9 Å². The molecule has 0 fully saturated rings. The van der Waals surface area contributed by atoms with Gasteiger partial charge in [-0.25, -0.2) is 4.68 Å². The Hall–Kier alpha value is -1.50. The van der Waals surface area contributed by atoms with E-state index in [1.165, 1.54) is 11.1 Å². The minimum atomic E-state index is -0.397. The molecular formula is C14H16ClN3O2S. The Morgan fingerprint density at radius 3 is 2.81 bits per heavy atom. The highest BCUT2D eigenvalue weighted by molar-refractivity contribution is 7.99. The topological polar surface area (TPSA) is 67.2 Å². The molecule has 2 aromatic rings. The first-order valence-electron chi connectivity index (χ1n) is 6.50. The van der Waals surface area contributed by atoms with Gasteiger partial charge < -0.3 is 10.4 Å². The van der Waals surface area contributed by atoms with Crippen molar-refractivity contribution in [2.75, 3.05) is 24.2 Å². The molecule has 1 heterocycles. The third kappa shape index (κ3) is 4.49. The van der Waals surface area contributed by atoms with E-state index in [0.29, 0.717) is 12.2 Å². The molecule has 0 amide bonds. The first-order valence-corrected chi connectivity index (χ1v) is 7.87. The molecule has 112 valence electrons. The van der Waals surface area contributed by atoms with Crippen LogP contribution >= 0.6 is 23.4 Å². The predicted octanol–water partition coefficient (Wildman–Crippen LogP) is 2.09. The second kappa shape index (κ2) is 8.07. The molecule has 0 spiro atoms. The van der Waals surface area contributed by atoms with Crippen molar-refractivity contribution in [1.82, 2.24) is 9.78 Å². The van der Waals surface area contributed by atoms with Crippen LogP contribution in [0.25, 0.3) is 0 Å². The summed E-state index contributed by atoms with van der Waals surface area (Å²) in [7, 11) is 0. The van der Waals surface area contributed by atoms with E-state index < -0.39 is 5.56 Å². The zero-order valence-electron chi connectivity index (χ0n) is 11.3. The lowest BCUT2D eigenvalue weighted by Crippen LogP contribution is -2.25. The second-order valence-electron chi connectivity index (χ2n) is 4.21. The zero-order valence-corrected chi connectivity index (χ0v) is 12.9. The molecule has 1 aromatic heterocycles. The number of thioether (sulfide) groups is 1. The van der Waals surface area contributed by atoms with Crippen LogP contribution in [0, 0.1) is 0 Å². The minimum absolute atomic E-state index is 0.100. The van der Waals surface area contributed by atoms with Crippen molar-refractivity contribution >= 4 is 29.1 Å².